The van der Waals surface area contributed by atoms with Crippen LogP contribution < -0.4 is 5.32 Å². The summed E-state index contributed by atoms with van der Waals surface area (Å²) in [4.78, 5) is 30.8. The Morgan fingerprint density at radius 1 is 1.33 bits per heavy atom. The number of rotatable bonds is 3. The van der Waals surface area contributed by atoms with Crippen LogP contribution >= 0.6 is 15.9 Å². The Labute approximate surface area is 149 Å². The third-order valence-corrected chi connectivity index (χ3v) is 4.60. The van der Waals surface area contributed by atoms with E-state index < -0.39 is 6.04 Å². The average molecular weight is 391 g/mol. The van der Waals surface area contributed by atoms with Gasteiger partial charge in [-0.15, -0.1) is 0 Å². The number of halogens is 1. The van der Waals surface area contributed by atoms with Crippen LogP contribution in [0.2, 0.25) is 0 Å². The van der Waals surface area contributed by atoms with Crippen molar-refractivity contribution in [3.8, 4) is 5.69 Å². The largest absolute Gasteiger partial charge is 0.353 e. The Morgan fingerprint density at radius 2 is 2.04 bits per heavy atom. The molecule has 2 amide bonds. The van der Waals surface area contributed by atoms with Gasteiger partial charge in [-0.05, 0) is 30.2 Å². The molecule has 0 spiro atoms. The van der Waals surface area contributed by atoms with Gasteiger partial charge in [0.2, 0.25) is 5.91 Å². The predicted octanol–water partition coefficient (Wildman–Crippen LogP) is 2.23. The monoisotopic (exact) mass is 390 g/mol. The highest BCUT2D eigenvalue weighted by Crippen LogP contribution is 2.18. The first-order valence-corrected chi connectivity index (χ1v) is 8.65. The van der Waals surface area contributed by atoms with E-state index in [0.29, 0.717) is 18.8 Å². The molecule has 0 saturated carbocycles. The fourth-order valence-electron chi connectivity index (χ4n) is 2.91. The Bertz CT molecular complexity index is 754. The molecule has 1 atom stereocenters. The summed E-state index contributed by atoms with van der Waals surface area (Å²) in [7, 11) is 0. The van der Waals surface area contributed by atoms with Gasteiger partial charge in [0.25, 0.3) is 5.91 Å². The number of hydrogen-bond acceptors (Lipinski definition) is 3. The van der Waals surface area contributed by atoms with Gasteiger partial charge in [-0.25, -0.2) is 4.98 Å². The highest BCUT2D eigenvalue weighted by molar-refractivity contribution is 9.10. The number of piperazine rings is 1. The first-order valence-electron chi connectivity index (χ1n) is 7.86. The van der Waals surface area contributed by atoms with Gasteiger partial charge in [0, 0.05) is 29.4 Å². The maximum Gasteiger partial charge on any atom is 0.274 e. The van der Waals surface area contributed by atoms with Crippen molar-refractivity contribution >= 4 is 27.7 Å². The topological polar surface area (TPSA) is 67.2 Å². The molecular weight excluding hydrogens is 372 g/mol. The lowest BCUT2D eigenvalue weighted by Gasteiger charge is -2.36. The number of nitrogens with zero attached hydrogens (tertiary/aromatic N) is 3. The summed E-state index contributed by atoms with van der Waals surface area (Å²) in [5.74, 6) is -0.265. The number of benzene rings is 1. The van der Waals surface area contributed by atoms with Gasteiger partial charge < -0.3 is 14.8 Å². The molecular formula is C17H19BrN4O2. The van der Waals surface area contributed by atoms with E-state index in [9.17, 15) is 9.59 Å². The minimum Gasteiger partial charge on any atom is -0.353 e. The minimum atomic E-state index is -0.455. The molecule has 1 N–H and O–H groups in total. The van der Waals surface area contributed by atoms with Crippen LogP contribution in [0.1, 0.15) is 24.3 Å². The Balaban J connectivity index is 1.85. The van der Waals surface area contributed by atoms with E-state index in [0.717, 1.165) is 10.2 Å². The smallest absolute Gasteiger partial charge is 0.274 e. The molecule has 2 heterocycles. The Kier molecular flexibility index (Phi) is 4.71. The molecule has 1 aromatic heterocycles. The van der Waals surface area contributed by atoms with E-state index in [1.54, 1.807) is 22.0 Å². The van der Waals surface area contributed by atoms with Crippen LogP contribution in [-0.2, 0) is 4.79 Å². The normalized spacial score (nSPS) is 17.9. The van der Waals surface area contributed by atoms with E-state index in [1.807, 2.05) is 38.1 Å². The first kappa shape index (κ1) is 16.7. The third-order valence-electron chi connectivity index (χ3n) is 4.08. The lowest BCUT2D eigenvalue weighted by atomic mass is 9.99. The van der Waals surface area contributed by atoms with Crippen LogP contribution in [0, 0.1) is 5.92 Å². The number of hydrogen-bond donors (Lipinski definition) is 1. The van der Waals surface area contributed by atoms with Crippen molar-refractivity contribution in [2.45, 2.75) is 19.9 Å². The molecule has 24 heavy (non-hydrogen) atoms. The molecule has 1 saturated heterocycles. The molecule has 2 aromatic rings. The predicted molar refractivity (Wildman–Crippen MR) is 93.9 cm³/mol. The Hall–Kier alpha value is -2.15. The third kappa shape index (κ3) is 3.21. The van der Waals surface area contributed by atoms with Crippen molar-refractivity contribution in [3.63, 3.8) is 0 Å². The van der Waals surface area contributed by atoms with Crippen molar-refractivity contribution in [1.29, 1.82) is 0 Å². The maximum absolute atomic E-state index is 12.8. The van der Waals surface area contributed by atoms with E-state index in [1.165, 1.54) is 0 Å². The van der Waals surface area contributed by atoms with Crippen LogP contribution in [-0.4, -0.2) is 45.4 Å². The second-order valence-electron chi connectivity index (χ2n) is 6.12. The zero-order valence-electron chi connectivity index (χ0n) is 13.6. The van der Waals surface area contributed by atoms with E-state index >= 15 is 0 Å². The number of carbonyl (C=O) groups is 2. The van der Waals surface area contributed by atoms with Gasteiger partial charge in [0.15, 0.2) is 0 Å². The highest BCUT2D eigenvalue weighted by atomic mass is 79.9. The van der Waals surface area contributed by atoms with E-state index in [4.69, 9.17) is 0 Å². The zero-order valence-corrected chi connectivity index (χ0v) is 15.2. The van der Waals surface area contributed by atoms with Crippen molar-refractivity contribution in [3.05, 3.63) is 47.0 Å². The SMILES string of the molecule is CC(C)[C@@H]1C(=O)NCCN1C(=O)c1cn(-c2ccc(Br)cc2)cn1. The number of amides is 2. The second kappa shape index (κ2) is 6.76. The molecule has 0 aliphatic carbocycles. The van der Waals surface area contributed by atoms with Crippen molar-refractivity contribution in [1.82, 2.24) is 19.8 Å². The zero-order chi connectivity index (χ0) is 17.3. The molecule has 1 fully saturated rings. The summed E-state index contributed by atoms with van der Waals surface area (Å²) in [5, 5.41) is 2.82. The summed E-state index contributed by atoms with van der Waals surface area (Å²) in [5.41, 5.74) is 1.26. The maximum atomic E-state index is 12.8. The van der Waals surface area contributed by atoms with Crippen LogP contribution in [0.5, 0.6) is 0 Å². The first-order chi connectivity index (χ1) is 11.5. The van der Waals surface area contributed by atoms with Gasteiger partial charge in [0.05, 0.1) is 0 Å². The van der Waals surface area contributed by atoms with Crippen LogP contribution in [0.4, 0.5) is 0 Å². The lowest BCUT2D eigenvalue weighted by molar-refractivity contribution is -0.129. The molecule has 0 unspecified atom stereocenters. The number of imidazole rings is 1. The van der Waals surface area contributed by atoms with Crippen molar-refractivity contribution in [2.75, 3.05) is 13.1 Å². The van der Waals surface area contributed by atoms with Gasteiger partial charge in [-0.1, -0.05) is 29.8 Å². The van der Waals surface area contributed by atoms with Gasteiger partial charge >= 0.3 is 0 Å². The summed E-state index contributed by atoms with van der Waals surface area (Å²) in [6, 6.07) is 7.28. The molecule has 126 valence electrons. The van der Waals surface area contributed by atoms with Gasteiger partial charge in [0.1, 0.15) is 18.1 Å². The fourth-order valence-corrected chi connectivity index (χ4v) is 3.17. The standard InChI is InChI=1S/C17H19BrN4O2/c1-11(2)15-16(23)19-7-8-22(15)17(24)14-9-21(10-20-14)13-5-3-12(18)4-6-13/h3-6,9-11,15H,7-8H2,1-2H3,(H,19,23)/t15-/m1/s1. The summed E-state index contributed by atoms with van der Waals surface area (Å²) >= 11 is 3.40. The van der Waals surface area contributed by atoms with E-state index in [-0.39, 0.29) is 17.7 Å². The number of nitrogens with one attached hydrogen (secondary N) is 1. The minimum absolute atomic E-state index is 0.0443. The summed E-state index contributed by atoms with van der Waals surface area (Å²) < 4.78 is 2.79. The second-order valence-corrected chi connectivity index (χ2v) is 7.04. The number of aromatic nitrogens is 2. The van der Waals surface area contributed by atoms with Gasteiger partial charge in [-0.3, -0.25) is 9.59 Å². The molecule has 1 aliphatic rings. The molecule has 1 aromatic carbocycles. The molecule has 6 nitrogen and oxygen atoms in total. The molecule has 7 heteroatoms. The molecule has 1 aliphatic heterocycles. The van der Waals surface area contributed by atoms with E-state index in [2.05, 4.69) is 26.2 Å². The molecule has 0 radical (unpaired) electrons. The fraction of sp³-hybridized carbons (Fsp3) is 0.353. The summed E-state index contributed by atoms with van der Waals surface area (Å²) in [6.45, 7) is 4.85. The summed E-state index contributed by atoms with van der Waals surface area (Å²) in [6.07, 6.45) is 3.32. The van der Waals surface area contributed by atoms with Crippen LogP contribution in [0.25, 0.3) is 5.69 Å². The van der Waals surface area contributed by atoms with Gasteiger partial charge in [-0.2, -0.15) is 0 Å². The Morgan fingerprint density at radius 3 is 2.71 bits per heavy atom. The molecule has 3 rings (SSSR count). The number of carbonyl (C=O) groups excluding carboxylic acids is 2. The quantitative estimate of drug-likeness (QED) is 0.873. The van der Waals surface area contributed by atoms with Crippen LogP contribution in [0.15, 0.2) is 41.3 Å². The molecule has 0 bridgehead atoms. The highest BCUT2D eigenvalue weighted by Gasteiger charge is 2.36. The average Bonchev–Trinajstić information content (AvgIpc) is 3.04. The lowest BCUT2D eigenvalue weighted by Crippen LogP contribution is -2.59. The van der Waals surface area contributed by atoms with Crippen molar-refractivity contribution < 1.29 is 9.59 Å². The van der Waals surface area contributed by atoms with Crippen molar-refractivity contribution in [2.24, 2.45) is 5.92 Å². The van der Waals surface area contributed by atoms with Crippen LogP contribution in [0.3, 0.4) is 0 Å².